The Morgan fingerprint density at radius 2 is 0.939 bits per heavy atom. The largest absolute Gasteiger partial charge is 0.454 e. The van der Waals surface area contributed by atoms with E-state index in [4.69, 9.17) is 14.2 Å². The fourth-order valence-corrected chi connectivity index (χ4v) is 9.12. The number of hydrogen-bond donors (Lipinski definition) is 6. The summed E-state index contributed by atoms with van der Waals surface area (Å²) in [6.45, 7) is 5.48. The molecule has 1 fully saturated rings. The van der Waals surface area contributed by atoms with Gasteiger partial charge in [0.1, 0.15) is 24.4 Å². The molecular weight excluding hydrogens is 1030 g/mol. The van der Waals surface area contributed by atoms with Gasteiger partial charge in [-0.3, -0.25) is 9.59 Å². The predicted octanol–water partition coefficient (Wildman–Crippen LogP) is 15.8. The molecule has 82 heavy (non-hydrogen) atoms. The highest BCUT2D eigenvalue weighted by atomic mass is 16.7. The molecule has 0 radical (unpaired) electrons. The van der Waals surface area contributed by atoms with E-state index in [1.54, 1.807) is 6.08 Å². The van der Waals surface area contributed by atoms with Crippen LogP contribution in [0.1, 0.15) is 226 Å². The number of carbonyl (C=O) groups is 2. The molecule has 11 heteroatoms. The first kappa shape index (κ1) is 75.6. The van der Waals surface area contributed by atoms with Gasteiger partial charge in [-0.15, -0.1) is 0 Å². The lowest BCUT2D eigenvalue weighted by atomic mass is 9.99. The molecule has 8 atom stereocenters. The van der Waals surface area contributed by atoms with Crippen molar-refractivity contribution in [2.75, 3.05) is 13.2 Å². The van der Waals surface area contributed by atoms with Gasteiger partial charge in [0.2, 0.25) is 5.91 Å². The zero-order valence-electron chi connectivity index (χ0n) is 51.3. The van der Waals surface area contributed by atoms with Gasteiger partial charge in [0, 0.05) is 6.42 Å². The quantitative estimate of drug-likeness (QED) is 0.0149. The van der Waals surface area contributed by atoms with Crippen LogP contribution in [0.15, 0.2) is 146 Å². The van der Waals surface area contributed by atoms with Crippen LogP contribution in [-0.4, -0.2) is 99.6 Å². The average Bonchev–Trinajstić information content (AvgIpc) is 3.68. The highest BCUT2D eigenvalue weighted by molar-refractivity contribution is 5.80. The van der Waals surface area contributed by atoms with E-state index >= 15 is 0 Å². The third kappa shape index (κ3) is 44.1. The minimum absolute atomic E-state index is 0.101. The zero-order chi connectivity index (χ0) is 59.6. The number of aliphatic hydroxyl groups is 5. The molecule has 1 aliphatic heterocycles. The highest BCUT2D eigenvalue weighted by Gasteiger charge is 2.47. The Balaban J connectivity index is 2.66. The number of aliphatic hydroxyl groups excluding tert-OH is 5. The van der Waals surface area contributed by atoms with Crippen LogP contribution in [0.5, 0.6) is 0 Å². The Labute approximate surface area is 498 Å². The van der Waals surface area contributed by atoms with Gasteiger partial charge in [-0.2, -0.15) is 0 Å². The summed E-state index contributed by atoms with van der Waals surface area (Å²) < 4.78 is 17.6. The molecule has 1 rings (SSSR count). The average molecular weight is 1140 g/mol. The normalized spacial score (nSPS) is 19.6. The second kappa shape index (κ2) is 57.0. The first-order valence-corrected chi connectivity index (χ1v) is 32.2. The number of nitrogens with one attached hydrogen (secondary N) is 1. The van der Waals surface area contributed by atoms with Crippen molar-refractivity contribution in [3.8, 4) is 0 Å². The minimum Gasteiger partial charge on any atom is -0.454 e. The van der Waals surface area contributed by atoms with E-state index in [9.17, 15) is 35.1 Å². The lowest BCUT2D eigenvalue weighted by Gasteiger charge is -2.41. The number of rotatable bonds is 52. The van der Waals surface area contributed by atoms with E-state index in [1.165, 1.54) is 70.6 Å². The van der Waals surface area contributed by atoms with Crippen LogP contribution in [-0.2, 0) is 23.8 Å². The molecule has 0 aliphatic carbocycles. The van der Waals surface area contributed by atoms with Crippen molar-refractivity contribution in [2.45, 2.75) is 275 Å². The molecule has 464 valence electrons. The number of carbonyl (C=O) groups excluding carboxylic acids is 2. The Hall–Kier alpha value is -4.46. The van der Waals surface area contributed by atoms with E-state index < -0.39 is 67.4 Å². The third-order valence-corrected chi connectivity index (χ3v) is 14.1. The maximum Gasteiger partial charge on any atom is 0.306 e. The van der Waals surface area contributed by atoms with Gasteiger partial charge in [-0.1, -0.05) is 276 Å². The van der Waals surface area contributed by atoms with Crippen molar-refractivity contribution >= 4 is 11.9 Å². The fraction of sp³-hybridized carbons (Fsp3) is 0.634. The maximum absolute atomic E-state index is 13.4. The molecule has 0 bridgehead atoms. The van der Waals surface area contributed by atoms with Crippen LogP contribution < -0.4 is 5.32 Å². The lowest BCUT2D eigenvalue weighted by Crippen LogP contribution is -2.61. The fourth-order valence-electron chi connectivity index (χ4n) is 9.12. The molecular formula is C71H115NO10. The molecule has 8 unspecified atom stereocenters. The topological polar surface area (TPSA) is 175 Å². The number of ether oxygens (including phenoxy) is 3. The van der Waals surface area contributed by atoms with Gasteiger partial charge in [0.15, 0.2) is 12.4 Å². The van der Waals surface area contributed by atoms with E-state index in [0.717, 1.165) is 109 Å². The molecule has 0 aromatic carbocycles. The Bertz CT molecular complexity index is 1890. The summed E-state index contributed by atoms with van der Waals surface area (Å²) in [6, 6.07) is -1.06. The Kier molecular flexibility index (Phi) is 52.5. The molecule has 0 aromatic heterocycles. The smallest absolute Gasteiger partial charge is 0.306 e. The molecule has 6 N–H and O–H groups in total. The molecule has 1 aliphatic rings. The van der Waals surface area contributed by atoms with E-state index in [2.05, 4.69) is 92.9 Å². The van der Waals surface area contributed by atoms with Gasteiger partial charge in [0.25, 0.3) is 0 Å². The van der Waals surface area contributed by atoms with E-state index in [1.807, 2.05) is 72.9 Å². The highest BCUT2D eigenvalue weighted by Crippen LogP contribution is 2.26. The lowest BCUT2D eigenvalue weighted by molar-refractivity contribution is -0.305. The molecule has 1 saturated heterocycles. The molecule has 0 saturated carbocycles. The minimum atomic E-state index is -1.64. The van der Waals surface area contributed by atoms with Gasteiger partial charge >= 0.3 is 5.97 Å². The number of esters is 1. The molecule has 0 spiro atoms. The molecule has 1 heterocycles. The van der Waals surface area contributed by atoms with Crippen LogP contribution in [0.4, 0.5) is 0 Å². The molecule has 11 nitrogen and oxygen atoms in total. The Morgan fingerprint density at radius 3 is 1.46 bits per heavy atom. The maximum atomic E-state index is 13.4. The van der Waals surface area contributed by atoms with Crippen molar-refractivity contribution in [3.63, 3.8) is 0 Å². The summed E-state index contributed by atoms with van der Waals surface area (Å²) in [4.78, 5) is 26.6. The molecule has 0 aromatic rings. The summed E-state index contributed by atoms with van der Waals surface area (Å²) in [5.41, 5.74) is 0. The number of hydrogen-bond acceptors (Lipinski definition) is 10. The number of amides is 1. The van der Waals surface area contributed by atoms with Crippen molar-refractivity contribution in [1.29, 1.82) is 0 Å². The van der Waals surface area contributed by atoms with Crippen molar-refractivity contribution in [1.82, 2.24) is 5.32 Å². The van der Waals surface area contributed by atoms with Crippen molar-refractivity contribution < 1.29 is 49.3 Å². The number of allylic oxidation sites excluding steroid dienone is 23. The first-order valence-electron chi connectivity index (χ1n) is 32.2. The second-order valence-electron chi connectivity index (χ2n) is 21.5. The summed E-state index contributed by atoms with van der Waals surface area (Å²) in [7, 11) is 0. The van der Waals surface area contributed by atoms with Gasteiger partial charge in [0.05, 0.1) is 25.4 Å². The van der Waals surface area contributed by atoms with E-state index in [-0.39, 0.29) is 19.4 Å². The van der Waals surface area contributed by atoms with Gasteiger partial charge in [-0.05, 0) is 89.9 Å². The van der Waals surface area contributed by atoms with Crippen LogP contribution in [0.25, 0.3) is 0 Å². The van der Waals surface area contributed by atoms with Crippen LogP contribution in [0, 0.1) is 0 Å². The first-order chi connectivity index (χ1) is 40.2. The van der Waals surface area contributed by atoms with E-state index in [0.29, 0.717) is 12.8 Å². The van der Waals surface area contributed by atoms with Crippen molar-refractivity contribution in [3.05, 3.63) is 146 Å². The summed E-state index contributed by atoms with van der Waals surface area (Å²) in [5.74, 6) is -1.26. The Morgan fingerprint density at radius 1 is 0.500 bits per heavy atom. The van der Waals surface area contributed by atoms with Gasteiger partial charge < -0.3 is 45.1 Å². The van der Waals surface area contributed by atoms with Crippen LogP contribution in [0.2, 0.25) is 0 Å². The predicted molar refractivity (Wildman–Crippen MR) is 342 cm³/mol. The SMILES string of the molecule is CC\C=C/C=C/C=C/C=C\C=C\C=C\CCCCC(O)C(=O)NC(COC1OC(CO)C(O)C(O)C1OC(=O)CCCCCCCCCCC/C=C\C/C=C\C/C=C\C/C=C\C/C=C\CC)C(O)/C=C/CCCCCCCCCCCC. The standard InChI is InChI=1S/C71H115NO10/c1-4-7-10-13-16-19-22-25-27-29-30-31-32-33-34-35-36-37-39-41-44-47-50-53-56-59-66(76)82-69-68(78)67(77)65(60-73)81-71(69)80-61-62(63(74)57-54-51-48-45-42-24-21-18-15-12-9-6-3)72-70(79)64(75)58-55-52-49-46-43-40-38-28-26-23-20-17-14-11-8-5-2/h7-8,10-11,14,16-17,19-20,23,25-28,30-31,33-34,38,40,43,46,54,57,62-65,67-69,71,73-75,77-78H,4-6,9,12-13,15,18,21-22,24,29,32,35-37,39,41-42,44-45,47-53,55-56,58-61H2,1-3H3,(H,72,79)/b10-7-,11-8-,17-14+,19-16-,23-20+,27-25-,28-26-,31-30-,34-33-,40-38+,46-43+,57-54+. The van der Waals surface area contributed by atoms with Crippen molar-refractivity contribution in [2.24, 2.45) is 0 Å². The van der Waals surface area contributed by atoms with Crippen LogP contribution >= 0.6 is 0 Å². The summed E-state index contributed by atoms with van der Waals surface area (Å²) >= 11 is 0. The zero-order valence-corrected chi connectivity index (χ0v) is 51.3. The second-order valence-corrected chi connectivity index (χ2v) is 21.5. The summed E-state index contributed by atoms with van der Waals surface area (Å²) in [5, 5.41) is 57.0. The monoisotopic (exact) mass is 1140 g/mol. The third-order valence-electron chi connectivity index (χ3n) is 14.1. The van der Waals surface area contributed by atoms with Gasteiger partial charge in [-0.25, -0.2) is 0 Å². The summed E-state index contributed by atoms with van der Waals surface area (Å²) in [6.07, 6.45) is 71.7. The molecule has 1 amide bonds. The van der Waals surface area contributed by atoms with Crippen LogP contribution in [0.3, 0.4) is 0 Å². The number of unbranched alkanes of at least 4 members (excludes halogenated alkanes) is 21.